The lowest BCUT2D eigenvalue weighted by Gasteiger charge is -1.97. The van der Waals surface area contributed by atoms with Crippen LogP contribution in [0.25, 0.3) is 34.2 Å². The van der Waals surface area contributed by atoms with Crippen molar-refractivity contribution in [1.82, 2.24) is 9.97 Å². The van der Waals surface area contributed by atoms with Crippen molar-refractivity contribution < 1.29 is 8.83 Å². The third kappa shape index (κ3) is 1.33. The third-order valence-electron chi connectivity index (χ3n) is 3.07. The monoisotopic (exact) mass is 266 g/mol. The van der Waals surface area contributed by atoms with Gasteiger partial charge in [0, 0.05) is 0 Å². The molecule has 0 unspecified atom stereocenters. The van der Waals surface area contributed by atoms with Crippen LogP contribution in [0.4, 0.5) is 0 Å². The lowest BCUT2D eigenvalue weighted by molar-refractivity contribution is 0.574. The van der Waals surface area contributed by atoms with Crippen molar-refractivity contribution in [2.24, 2.45) is 0 Å². The second kappa shape index (κ2) is 3.74. The first kappa shape index (κ1) is 10.9. The van der Waals surface area contributed by atoms with Crippen LogP contribution in [0.3, 0.4) is 0 Å². The average molecular weight is 266 g/mol. The van der Waals surface area contributed by atoms with Crippen LogP contribution >= 0.6 is 0 Å². The van der Waals surface area contributed by atoms with Gasteiger partial charge in [-0.2, -0.15) is 0 Å². The topological polar surface area (TPSA) is 86.2 Å². The van der Waals surface area contributed by atoms with Crippen LogP contribution in [0.15, 0.2) is 55.2 Å². The Balaban J connectivity index is 2.12. The van der Waals surface area contributed by atoms with Gasteiger partial charge in [-0.1, -0.05) is 0 Å². The highest BCUT2D eigenvalue weighted by Crippen LogP contribution is 2.39. The second-order valence-electron chi connectivity index (χ2n) is 4.23. The summed E-state index contributed by atoms with van der Waals surface area (Å²) in [4.78, 5) is 31.1. The Labute approximate surface area is 111 Å². The van der Waals surface area contributed by atoms with E-state index in [-0.39, 0.29) is 11.4 Å². The number of fused-ring (bicyclic) bond motifs is 1. The molecule has 2 aliphatic rings. The lowest BCUT2D eigenvalue weighted by Crippen LogP contribution is -2.19. The zero-order chi connectivity index (χ0) is 13.7. The summed E-state index contributed by atoms with van der Waals surface area (Å²) in [5, 5.41) is 0. The predicted octanol–water partition coefficient (Wildman–Crippen LogP) is 1.70. The van der Waals surface area contributed by atoms with E-state index >= 15 is 0 Å². The highest BCUT2D eigenvalue weighted by atomic mass is 16.3. The van der Waals surface area contributed by atoms with Gasteiger partial charge in [0.05, 0.1) is 18.1 Å². The summed E-state index contributed by atoms with van der Waals surface area (Å²) in [5.41, 5.74) is -0.264. The molecule has 4 heterocycles. The number of hydrogen-bond acceptors (Lipinski definition) is 6. The Morgan fingerprint density at radius 2 is 1.50 bits per heavy atom. The van der Waals surface area contributed by atoms with Crippen molar-refractivity contribution in [3.8, 4) is 34.2 Å². The van der Waals surface area contributed by atoms with Crippen LogP contribution in [0.5, 0.6) is 0 Å². The summed E-state index contributed by atoms with van der Waals surface area (Å²) in [7, 11) is 0. The standard InChI is InChI=1S/C14H6N2O4/c17-13-12-11(16-14(13)18)9(7-3-1-5-19-7)10(15-12)8-4-2-6-20-8/h1-6H. The smallest absolute Gasteiger partial charge is 0.320 e. The summed E-state index contributed by atoms with van der Waals surface area (Å²) >= 11 is 0. The number of nitrogens with zero attached hydrogens (tertiary/aromatic N) is 2. The molecule has 4 rings (SSSR count). The molecule has 2 aliphatic heterocycles. The molecule has 0 saturated heterocycles. The molecule has 6 heteroatoms. The van der Waals surface area contributed by atoms with Gasteiger partial charge in [-0.25, -0.2) is 9.97 Å². The van der Waals surface area contributed by atoms with Crippen LogP contribution in [0.1, 0.15) is 0 Å². The Bertz CT molecular complexity index is 929. The van der Waals surface area contributed by atoms with Gasteiger partial charge >= 0.3 is 5.56 Å². The maximum Gasteiger partial charge on any atom is 0.320 e. The summed E-state index contributed by atoms with van der Waals surface area (Å²) in [6, 6.07) is 6.85. The zero-order valence-corrected chi connectivity index (χ0v) is 9.99. The Morgan fingerprint density at radius 3 is 2.15 bits per heavy atom. The minimum Gasteiger partial charge on any atom is -0.464 e. The largest absolute Gasteiger partial charge is 0.464 e. The van der Waals surface area contributed by atoms with Crippen LogP contribution in [-0.4, -0.2) is 9.97 Å². The molecule has 6 nitrogen and oxygen atoms in total. The fraction of sp³-hybridized carbons (Fsp3) is 0. The minimum absolute atomic E-state index is 0.0489. The number of aromatic nitrogens is 2. The molecule has 0 N–H and O–H groups in total. The van der Waals surface area contributed by atoms with E-state index < -0.39 is 11.0 Å². The molecule has 2 aromatic heterocycles. The van der Waals surface area contributed by atoms with Gasteiger partial charge in [0.15, 0.2) is 5.76 Å². The molecule has 0 atom stereocenters. The molecule has 0 saturated carbocycles. The molecule has 0 aliphatic carbocycles. The lowest BCUT2D eigenvalue weighted by atomic mass is 10.1. The Kier molecular flexibility index (Phi) is 2.03. The van der Waals surface area contributed by atoms with Crippen molar-refractivity contribution in [2.75, 3.05) is 0 Å². The van der Waals surface area contributed by atoms with E-state index in [4.69, 9.17) is 8.83 Å². The van der Waals surface area contributed by atoms with Crippen molar-refractivity contribution in [2.45, 2.75) is 0 Å². The number of furan rings is 2. The van der Waals surface area contributed by atoms with Gasteiger partial charge in [0.25, 0.3) is 5.43 Å². The number of rotatable bonds is 2. The first-order valence-corrected chi connectivity index (χ1v) is 5.84. The van der Waals surface area contributed by atoms with Gasteiger partial charge in [-0.15, -0.1) is 0 Å². The van der Waals surface area contributed by atoms with Crippen LogP contribution in [-0.2, 0) is 0 Å². The van der Waals surface area contributed by atoms with Crippen molar-refractivity contribution in [3.05, 3.63) is 57.4 Å². The second-order valence-corrected chi connectivity index (χ2v) is 4.23. The van der Waals surface area contributed by atoms with E-state index in [0.717, 1.165) is 0 Å². The van der Waals surface area contributed by atoms with Crippen molar-refractivity contribution >= 4 is 0 Å². The molecule has 0 spiro atoms. The van der Waals surface area contributed by atoms with E-state index in [1.54, 1.807) is 24.3 Å². The van der Waals surface area contributed by atoms with Gasteiger partial charge in [0.2, 0.25) is 0 Å². The molecule has 96 valence electrons. The molecule has 0 radical (unpaired) electrons. The molecule has 2 aromatic rings. The molecule has 0 amide bonds. The predicted molar refractivity (Wildman–Crippen MR) is 69.0 cm³/mol. The first-order chi connectivity index (χ1) is 9.75. The van der Waals surface area contributed by atoms with Crippen LogP contribution < -0.4 is 11.0 Å². The molecule has 0 aromatic carbocycles. The minimum atomic E-state index is -0.804. The van der Waals surface area contributed by atoms with Gasteiger partial charge in [-0.3, -0.25) is 9.59 Å². The zero-order valence-electron chi connectivity index (χ0n) is 9.99. The number of hydrogen-bond donors (Lipinski definition) is 0. The highest BCUT2D eigenvalue weighted by Gasteiger charge is 2.29. The first-order valence-electron chi connectivity index (χ1n) is 5.84. The van der Waals surface area contributed by atoms with Crippen molar-refractivity contribution in [1.29, 1.82) is 0 Å². The van der Waals surface area contributed by atoms with E-state index in [9.17, 15) is 9.59 Å². The van der Waals surface area contributed by atoms with Gasteiger partial charge < -0.3 is 8.83 Å². The van der Waals surface area contributed by atoms with Crippen LogP contribution in [0.2, 0.25) is 0 Å². The fourth-order valence-corrected chi connectivity index (χ4v) is 2.22. The molecular formula is C14H6N2O4. The molecule has 20 heavy (non-hydrogen) atoms. The van der Waals surface area contributed by atoms with E-state index in [1.165, 1.54) is 12.5 Å². The quantitative estimate of drug-likeness (QED) is 0.513. The molecule has 0 fully saturated rings. The van der Waals surface area contributed by atoms with Gasteiger partial charge in [0.1, 0.15) is 22.8 Å². The van der Waals surface area contributed by atoms with E-state index in [0.29, 0.717) is 22.8 Å². The van der Waals surface area contributed by atoms with Crippen molar-refractivity contribution in [3.63, 3.8) is 0 Å². The highest BCUT2D eigenvalue weighted by molar-refractivity contribution is 5.90. The summed E-state index contributed by atoms with van der Waals surface area (Å²) in [5.74, 6) is 0.970. The fourth-order valence-electron chi connectivity index (χ4n) is 2.22. The summed E-state index contributed by atoms with van der Waals surface area (Å²) < 4.78 is 10.7. The Hall–Kier alpha value is -3.02. The molecule has 0 bridgehead atoms. The maximum atomic E-state index is 11.7. The average Bonchev–Trinajstić information content (AvgIpc) is 3.18. The van der Waals surface area contributed by atoms with Gasteiger partial charge in [-0.05, 0) is 24.3 Å². The Morgan fingerprint density at radius 1 is 0.800 bits per heavy atom. The summed E-state index contributed by atoms with van der Waals surface area (Å²) in [6.07, 6.45) is 3.00. The normalized spacial score (nSPS) is 11.4. The third-order valence-corrected chi connectivity index (χ3v) is 3.07. The maximum absolute atomic E-state index is 11.7. The summed E-state index contributed by atoms with van der Waals surface area (Å²) in [6.45, 7) is 0. The molecular weight excluding hydrogens is 260 g/mol. The van der Waals surface area contributed by atoms with E-state index in [2.05, 4.69) is 9.97 Å². The SMILES string of the molecule is O=c1nc2c(-c3ccco3)c(-c3ccco3)nc-2c1=O. The van der Waals surface area contributed by atoms with Crippen LogP contribution in [0, 0.1) is 0 Å². The van der Waals surface area contributed by atoms with E-state index in [1.807, 2.05) is 0 Å².